The molecule has 0 aliphatic carbocycles. The first kappa shape index (κ1) is 23.2. The molecule has 188 valence electrons. The number of fused-ring (bicyclic) bond motifs is 5. The third-order valence-corrected chi connectivity index (χ3v) is 9.19. The molecule has 0 atom stereocenters. The van der Waals surface area contributed by atoms with Crippen molar-refractivity contribution in [2.24, 2.45) is 0 Å². The van der Waals surface area contributed by atoms with E-state index in [4.69, 9.17) is 4.98 Å². The molecule has 1 aliphatic heterocycles. The van der Waals surface area contributed by atoms with Gasteiger partial charge in [-0.2, -0.15) is 0 Å². The summed E-state index contributed by atoms with van der Waals surface area (Å²) in [5.41, 5.74) is 8.58. The Morgan fingerprint density at radius 3 is 1.93 bits per heavy atom. The lowest BCUT2D eigenvalue weighted by Gasteiger charge is -2.42. The van der Waals surface area contributed by atoms with E-state index >= 15 is 0 Å². The van der Waals surface area contributed by atoms with Crippen molar-refractivity contribution < 1.29 is 0 Å². The SMILES string of the molecule is c1ccc(C2(c3ccccc3)c3ccccc3Sc3ccc(-c4ccc5ccc6cccnc6c5n4)cc32)cc1. The van der Waals surface area contributed by atoms with E-state index < -0.39 is 5.41 Å². The van der Waals surface area contributed by atoms with Crippen LogP contribution in [0.25, 0.3) is 33.1 Å². The minimum Gasteiger partial charge on any atom is -0.254 e. The van der Waals surface area contributed by atoms with E-state index in [1.165, 1.54) is 32.0 Å². The summed E-state index contributed by atoms with van der Waals surface area (Å²) < 4.78 is 0. The Balaban J connectivity index is 1.43. The number of rotatable bonds is 3. The first-order valence-electron chi connectivity index (χ1n) is 13.5. The maximum Gasteiger partial charge on any atom is 0.0972 e. The summed E-state index contributed by atoms with van der Waals surface area (Å²) in [6.07, 6.45) is 1.85. The molecule has 0 saturated carbocycles. The van der Waals surface area contributed by atoms with Crippen molar-refractivity contribution in [3.63, 3.8) is 0 Å². The molecule has 0 spiro atoms. The second kappa shape index (κ2) is 9.18. The summed E-state index contributed by atoms with van der Waals surface area (Å²) in [7, 11) is 0. The van der Waals surface area contributed by atoms with E-state index in [1.54, 1.807) is 0 Å². The molecule has 5 aromatic carbocycles. The molecule has 8 rings (SSSR count). The normalized spacial score (nSPS) is 13.6. The Labute approximate surface area is 237 Å². The zero-order valence-corrected chi connectivity index (χ0v) is 22.5. The molecule has 0 saturated heterocycles. The largest absolute Gasteiger partial charge is 0.254 e. The van der Waals surface area contributed by atoms with Crippen molar-refractivity contribution in [2.45, 2.75) is 15.2 Å². The van der Waals surface area contributed by atoms with Crippen molar-refractivity contribution in [3.05, 3.63) is 168 Å². The number of aromatic nitrogens is 2. The average molecular weight is 529 g/mol. The monoisotopic (exact) mass is 528 g/mol. The van der Waals surface area contributed by atoms with Crippen LogP contribution in [-0.2, 0) is 5.41 Å². The maximum absolute atomic E-state index is 5.19. The van der Waals surface area contributed by atoms with Crippen LogP contribution in [0.2, 0.25) is 0 Å². The van der Waals surface area contributed by atoms with Gasteiger partial charge in [0.2, 0.25) is 0 Å². The predicted octanol–water partition coefficient (Wildman–Crippen LogP) is 9.30. The Morgan fingerprint density at radius 2 is 1.15 bits per heavy atom. The van der Waals surface area contributed by atoms with Crippen molar-refractivity contribution in [1.82, 2.24) is 9.97 Å². The highest BCUT2D eigenvalue weighted by Gasteiger charge is 2.44. The van der Waals surface area contributed by atoms with Gasteiger partial charge in [-0.25, -0.2) is 4.98 Å². The van der Waals surface area contributed by atoms with Gasteiger partial charge in [-0.1, -0.05) is 121 Å². The fourth-order valence-corrected chi connectivity index (χ4v) is 7.42. The molecule has 7 aromatic rings. The highest BCUT2D eigenvalue weighted by molar-refractivity contribution is 7.99. The number of benzene rings is 5. The van der Waals surface area contributed by atoms with Crippen molar-refractivity contribution >= 4 is 33.6 Å². The Morgan fingerprint density at radius 1 is 0.500 bits per heavy atom. The van der Waals surface area contributed by atoms with E-state index in [1.807, 2.05) is 24.0 Å². The van der Waals surface area contributed by atoms with Gasteiger partial charge in [-0.15, -0.1) is 0 Å². The minimum atomic E-state index is -0.458. The lowest BCUT2D eigenvalue weighted by Crippen LogP contribution is -2.34. The molecular weight excluding hydrogens is 504 g/mol. The topological polar surface area (TPSA) is 25.8 Å². The van der Waals surface area contributed by atoms with Crippen LogP contribution in [0.4, 0.5) is 0 Å². The Hall–Kier alpha value is -4.73. The standard InChI is InChI=1S/C37H24N2S/c1-3-11-28(12-4-1)37(29-13-5-2-6-14-29)30-15-7-8-16-33(30)40-34-22-20-27(24-31(34)37)32-21-19-26-18-17-25-10-9-23-38-35(25)36(26)39-32/h1-24H. The highest BCUT2D eigenvalue weighted by atomic mass is 32.2. The molecule has 0 amide bonds. The molecule has 0 fully saturated rings. The van der Waals surface area contributed by atoms with Crippen LogP contribution in [0.3, 0.4) is 0 Å². The predicted molar refractivity (Wildman–Crippen MR) is 165 cm³/mol. The van der Waals surface area contributed by atoms with Gasteiger partial charge < -0.3 is 0 Å². The zero-order chi connectivity index (χ0) is 26.5. The van der Waals surface area contributed by atoms with Crippen LogP contribution in [0, 0.1) is 0 Å². The summed E-state index contributed by atoms with van der Waals surface area (Å²) in [5, 5.41) is 2.20. The van der Waals surface area contributed by atoms with Crippen LogP contribution in [0.15, 0.2) is 156 Å². The maximum atomic E-state index is 5.19. The summed E-state index contributed by atoms with van der Waals surface area (Å²) in [4.78, 5) is 12.4. The first-order valence-corrected chi connectivity index (χ1v) is 14.3. The molecule has 40 heavy (non-hydrogen) atoms. The van der Waals surface area contributed by atoms with Crippen molar-refractivity contribution in [2.75, 3.05) is 0 Å². The molecule has 2 nitrogen and oxygen atoms in total. The number of hydrogen-bond acceptors (Lipinski definition) is 3. The molecule has 0 N–H and O–H groups in total. The van der Waals surface area contributed by atoms with Gasteiger partial charge in [-0.05, 0) is 52.6 Å². The van der Waals surface area contributed by atoms with Crippen LogP contribution < -0.4 is 0 Å². The molecule has 2 aromatic heterocycles. The Bertz CT molecular complexity index is 1990. The average Bonchev–Trinajstić information content (AvgIpc) is 3.04. The van der Waals surface area contributed by atoms with Gasteiger partial charge in [0.1, 0.15) is 0 Å². The van der Waals surface area contributed by atoms with Gasteiger partial charge in [0.05, 0.1) is 22.1 Å². The first-order chi connectivity index (χ1) is 19.8. The van der Waals surface area contributed by atoms with Gasteiger partial charge in [0, 0.05) is 32.3 Å². The second-order valence-electron chi connectivity index (χ2n) is 10.2. The van der Waals surface area contributed by atoms with Crippen molar-refractivity contribution in [1.29, 1.82) is 0 Å². The van der Waals surface area contributed by atoms with Crippen molar-refractivity contribution in [3.8, 4) is 11.3 Å². The summed E-state index contributed by atoms with van der Waals surface area (Å²) in [6, 6.07) is 50.2. The smallest absolute Gasteiger partial charge is 0.0972 e. The molecule has 1 aliphatic rings. The van der Waals surface area contributed by atoms with E-state index in [9.17, 15) is 0 Å². The van der Waals surface area contributed by atoms with Crippen LogP contribution in [0.1, 0.15) is 22.3 Å². The fourth-order valence-electron chi connectivity index (χ4n) is 6.25. The molecule has 3 heteroatoms. The van der Waals surface area contributed by atoms with Gasteiger partial charge in [-0.3, -0.25) is 4.98 Å². The van der Waals surface area contributed by atoms with Gasteiger partial charge >= 0.3 is 0 Å². The number of pyridine rings is 2. The van der Waals surface area contributed by atoms with Crippen LogP contribution in [-0.4, -0.2) is 9.97 Å². The lowest BCUT2D eigenvalue weighted by molar-refractivity contribution is 0.703. The quantitative estimate of drug-likeness (QED) is 0.214. The highest BCUT2D eigenvalue weighted by Crippen LogP contribution is 2.56. The third kappa shape index (κ3) is 3.45. The Kier molecular flexibility index (Phi) is 5.32. The zero-order valence-electron chi connectivity index (χ0n) is 21.7. The lowest BCUT2D eigenvalue weighted by atomic mass is 9.64. The van der Waals surface area contributed by atoms with E-state index in [0.717, 1.165) is 33.1 Å². The minimum absolute atomic E-state index is 0.458. The fraction of sp³-hybridized carbons (Fsp3) is 0.0270. The van der Waals surface area contributed by atoms with E-state index in [0.29, 0.717) is 0 Å². The molecule has 0 radical (unpaired) electrons. The van der Waals surface area contributed by atoms with Crippen LogP contribution in [0.5, 0.6) is 0 Å². The second-order valence-corrected chi connectivity index (χ2v) is 11.3. The summed E-state index contributed by atoms with van der Waals surface area (Å²) >= 11 is 1.85. The molecular formula is C37H24N2S. The molecule has 0 bridgehead atoms. The number of nitrogens with zero attached hydrogens (tertiary/aromatic N) is 2. The summed E-state index contributed by atoms with van der Waals surface area (Å²) in [6.45, 7) is 0. The van der Waals surface area contributed by atoms with Gasteiger partial charge in [0.25, 0.3) is 0 Å². The number of hydrogen-bond donors (Lipinski definition) is 0. The van der Waals surface area contributed by atoms with E-state index in [2.05, 4.69) is 138 Å². The van der Waals surface area contributed by atoms with E-state index in [-0.39, 0.29) is 0 Å². The van der Waals surface area contributed by atoms with Gasteiger partial charge in [0.15, 0.2) is 0 Å². The molecule has 3 heterocycles. The summed E-state index contributed by atoms with van der Waals surface area (Å²) in [5.74, 6) is 0. The van der Waals surface area contributed by atoms with Crippen LogP contribution >= 0.6 is 11.8 Å². The third-order valence-electron chi connectivity index (χ3n) is 8.04. The molecule has 0 unspecified atom stereocenters.